The van der Waals surface area contributed by atoms with E-state index in [1.807, 2.05) is 4.90 Å². The van der Waals surface area contributed by atoms with Crippen molar-refractivity contribution < 1.29 is 9.18 Å². The molecule has 2 saturated heterocycles. The average Bonchev–Trinajstić information content (AvgIpc) is 3.07. The largest absolute Gasteiger partial charge is 0.348 e. The second kappa shape index (κ2) is 7.80. The van der Waals surface area contributed by atoms with E-state index in [-0.39, 0.29) is 24.2 Å². The maximum Gasteiger partial charge on any atom is 0.227 e. The molecule has 0 unspecified atom stereocenters. The smallest absolute Gasteiger partial charge is 0.227 e. The second-order valence-corrected chi connectivity index (χ2v) is 7.82. The van der Waals surface area contributed by atoms with Gasteiger partial charge in [-0.25, -0.2) is 9.37 Å². The number of carbonyl (C=O) groups excluding carboxylic acids is 1. The lowest BCUT2D eigenvalue weighted by molar-refractivity contribution is -0.137. The highest BCUT2D eigenvalue weighted by atomic mass is 19.1. The van der Waals surface area contributed by atoms with Crippen LogP contribution in [0.2, 0.25) is 0 Å². The van der Waals surface area contributed by atoms with Gasteiger partial charge >= 0.3 is 0 Å². The van der Waals surface area contributed by atoms with Crippen LogP contribution in [0.15, 0.2) is 30.6 Å². The normalized spacial score (nSPS) is 23.3. The van der Waals surface area contributed by atoms with Gasteiger partial charge in [0, 0.05) is 37.9 Å². The van der Waals surface area contributed by atoms with E-state index in [1.165, 1.54) is 6.07 Å². The summed E-state index contributed by atoms with van der Waals surface area (Å²) in [6.45, 7) is 5.69. The van der Waals surface area contributed by atoms with Crippen LogP contribution in [0.5, 0.6) is 0 Å². The lowest BCUT2D eigenvalue weighted by Gasteiger charge is -2.47. The van der Waals surface area contributed by atoms with Crippen molar-refractivity contribution >= 4 is 5.91 Å². The molecule has 1 aromatic carbocycles. The molecule has 2 fully saturated rings. The summed E-state index contributed by atoms with van der Waals surface area (Å²) in [5.41, 5.74) is 2.73. The number of imidazole rings is 1. The Morgan fingerprint density at radius 1 is 1.30 bits per heavy atom. The number of hydrogen-bond acceptors (Lipinski definition) is 3. The topological polar surface area (TPSA) is 52.2 Å². The number of aromatic nitrogens is 2. The van der Waals surface area contributed by atoms with Crippen LogP contribution >= 0.6 is 0 Å². The van der Waals surface area contributed by atoms with Crippen molar-refractivity contribution in [1.29, 1.82) is 0 Å². The fourth-order valence-corrected chi connectivity index (χ4v) is 4.60. The number of nitrogens with one attached hydrogen (secondary N) is 1. The fraction of sp³-hybridized carbons (Fsp3) is 0.524. The molecule has 2 aliphatic rings. The van der Waals surface area contributed by atoms with E-state index in [4.69, 9.17) is 0 Å². The van der Waals surface area contributed by atoms with Crippen molar-refractivity contribution in [3.05, 3.63) is 53.4 Å². The molecule has 1 aromatic heterocycles. The number of rotatable bonds is 4. The third kappa shape index (κ3) is 3.90. The zero-order valence-corrected chi connectivity index (χ0v) is 15.8. The average molecular weight is 370 g/mol. The Kier molecular flexibility index (Phi) is 5.25. The molecular weight excluding hydrogens is 343 g/mol. The zero-order valence-electron chi connectivity index (χ0n) is 15.8. The maximum absolute atomic E-state index is 13.9. The number of nitrogens with zero attached hydrogens (tertiary/aromatic N) is 3. The van der Waals surface area contributed by atoms with Gasteiger partial charge in [-0.05, 0) is 43.7 Å². The number of piperidine rings is 2. The van der Waals surface area contributed by atoms with Gasteiger partial charge in [0.1, 0.15) is 5.82 Å². The molecule has 2 atom stereocenters. The van der Waals surface area contributed by atoms with Crippen molar-refractivity contribution in [1.82, 2.24) is 19.8 Å². The number of aryl methyl sites for hydroxylation is 1. The van der Waals surface area contributed by atoms with Gasteiger partial charge in [0.2, 0.25) is 5.91 Å². The fourth-order valence-electron chi connectivity index (χ4n) is 4.60. The number of benzene rings is 1. The zero-order chi connectivity index (χ0) is 18.8. The van der Waals surface area contributed by atoms with E-state index in [0.717, 1.165) is 56.8 Å². The van der Waals surface area contributed by atoms with E-state index in [1.54, 1.807) is 24.5 Å². The number of aromatic amines is 1. The van der Waals surface area contributed by atoms with Crippen LogP contribution in [-0.4, -0.2) is 51.4 Å². The standard InChI is InChI=1S/C21H27FN4O/c1-15-19(24-14-23-15)13-25-10-8-20-17(12-25)6-4-9-26(20)21(27)11-16-5-2-3-7-18(16)22/h2-3,5,7,14,17,20H,4,6,8-13H2,1H3,(H,23,24)/t17-,20+/m1/s1. The van der Waals surface area contributed by atoms with E-state index in [2.05, 4.69) is 21.8 Å². The number of likely N-dealkylation sites (tertiary alicyclic amines) is 2. The second-order valence-electron chi connectivity index (χ2n) is 7.82. The molecule has 0 bridgehead atoms. The molecule has 4 rings (SSSR count). The molecule has 5 nitrogen and oxygen atoms in total. The lowest BCUT2D eigenvalue weighted by Crippen LogP contribution is -2.55. The molecule has 144 valence electrons. The van der Waals surface area contributed by atoms with Gasteiger partial charge in [0.05, 0.1) is 18.4 Å². The highest BCUT2D eigenvalue weighted by molar-refractivity contribution is 5.79. The highest BCUT2D eigenvalue weighted by Gasteiger charge is 2.38. The summed E-state index contributed by atoms with van der Waals surface area (Å²) < 4.78 is 13.9. The summed E-state index contributed by atoms with van der Waals surface area (Å²) in [6.07, 6.45) is 5.08. The number of fused-ring (bicyclic) bond motifs is 1. The molecule has 1 N–H and O–H groups in total. The minimum atomic E-state index is -0.288. The van der Waals surface area contributed by atoms with Crippen molar-refractivity contribution in [2.45, 2.75) is 45.2 Å². The quantitative estimate of drug-likeness (QED) is 0.900. The van der Waals surface area contributed by atoms with Crippen molar-refractivity contribution in [2.24, 2.45) is 5.92 Å². The summed E-state index contributed by atoms with van der Waals surface area (Å²) in [5.74, 6) is 0.270. The van der Waals surface area contributed by atoms with Gasteiger partial charge in [-0.3, -0.25) is 9.69 Å². The third-order valence-electron chi connectivity index (χ3n) is 6.08. The molecule has 2 aliphatic heterocycles. The van der Waals surface area contributed by atoms with Crippen molar-refractivity contribution in [3.8, 4) is 0 Å². The first-order chi connectivity index (χ1) is 13.1. The molecule has 3 heterocycles. The van der Waals surface area contributed by atoms with Gasteiger partial charge in [0.15, 0.2) is 0 Å². The Labute approximate surface area is 159 Å². The summed E-state index contributed by atoms with van der Waals surface area (Å²) >= 11 is 0. The van der Waals surface area contributed by atoms with E-state index in [0.29, 0.717) is 11.5 Å². The Bertz CT molecular complexity index is 805. The first kappa shape index (κ1) is 18.2. The molecule has 27 heavy (non-hydrogen) atoms. The summed E-state index contributed by atoms with van der Waals surface area (Å²) in [7, 11) is 0. The van der Waals surface area contributed by atoms with Crippen molar-refractivity contribution in [3.63, 3.8) is 0 Å². The van der Waals surface area contributed by atoms with Crippen LogP contribution < -0.4 is 0 Å². The van der Waals surface area contributed by atoms with Crippen molar-refractivity contribution in [2.75, 3.05) is 19.6 Å². The van der Waals surface area contributed by atoms with Crippen LogP contribution in [0.3, 0.4) is 0 Å². The maximum atomic E-state index is 13.9. The predicted molar refractivity (Wildman–Crippen MR) is 102 cm³/mol. The molecule has 6 heteroatoms. The monoisotopic (exact) mass is 370 g/mol. The first-order valence-corrected chi connectivity index (χ1v) is 9.86. The predicted octanol–water partition coefficient (Wildman–Crippen LogP) is 2.91. The van der Waals surface area contributed by atoms with Crippen LogP contribution in [0.4, 0.5) is 4.39 Å². The number of halogens is 1. The summed E-state index contributed by atoms with van der Waals surface area (Å²) in [5, 5.41) is 0. The molecular formula is C21H27FN4O. The number of H-pyrrole nitrogens is 1. The van der Waals surface area contributed by atoms with Gasteiger partial charge < -0.3 is 9.88 Å². The van der Waals surface area contributed by atoms with Crippen LogP contribution in [0.1, 0.15) is 36.2 Å². The highest BCUT2D eigenvalue weighted by Crippen LogP contribution is 2.31. The minimum absolute atomic E-state index is 0.0615. The molecule has 0 aliphatic carbocycles. The third-order valence-corrected chi connectivity index (χ3v) is 6.08. The Balaban J connectivity index is 1.40. The van der Waals surface area contributed by atoms with Crippen LogP contribution in [0.25, 0.3) is 0 Å². The van der Waals surface area contributed by atoms with E-state index in [9.17, 15) is 9.18 Å². The Morgan fingerprint density at radius 3 is 2.93 bits per heavy atom. The molecule has 0 saturated carbocycles. The SMILES string of the molecule is Cc1[nH]cnc1CN1CC[C@H]2[C@H](CCCN2C(=O)Cc2ccccc2F)C1. The first-order valence-electron chi connectivity index (χ1n) is 9.86. The van der Waals surface area contributed by atoms with Gasteiger partial charge in [-0.2, -0.15) is 0 Å². The minimum Gasteiger partial charge on any atom is -0.348 e. The summed E-state index contributed by atoms with van der Waals surface area (Å²) in [4.78, 5) is 24.9. The van der Waals surface area contributed by atoms with E-state index >= 15 is 0 Å². The molecule has 1 amide bonds. The van der Waals surface area contributed by atoms with Crippen LogP contribution in [0, 0.1) is 18.7 Å². The van der Waals surface area contributed by atoms with Gasteiger partial charge in [-0.15, -0.1) is 0 Å². The number of hydrogen-bond donors (Lipinski definition) is 1. The number of amides is 1. The number of carbonyl (C=O) groups is 1. The van der Waals surface area contributed by atoms with Gasteiger partial charge in [0.25, 0.3) is 0 Å². The van der Waals surface area contributed by atoms with Crippen LogP contribution in [-0.2, 0) is 17.8 Å². The lowest BCUT2D eigenvalue weighted by atomic mass is 9.83. The molecule has 0 radical (unpaired) electrons. The summed E-state index contributed by atoms with van der Waals surface area (Å²) in [6, 6.07) is 6.88. The van der Waals surface area contributed by atoms with E-state index < -0.39 is 0 Å². The molecule has 0 spiro atoms. The Morgan fingerprint density at radius 2 is 2.15 bits per heavy atom. The van der Waals surface area contributed by atoms with Gasteiger partial charge in [-0.1, -0.05) is 18.2 Å². The Hall–Kier alpha value is -2.21. The molecule has 2 aromatic rings.